The van der Waals surface area contributed by atoms with E-state index in [0.29, 0.717) is 6.42 Å². The normalized spacial score (nSPS) is 18.2. The van der Waals surface area contributed by atoms with Crippen LogP contribution in [0.3, 0.4) is 0 Å². The molecule has 0 spiro atoms. The Kier molecular flexibility index (Phi) is 5.15. The van der Waals surface area contributed by atoms with Gasteiger partial charge in [0.15, 0.2) is 4.90 Å². The minimum absolute atomic E-state index is 0.00584. The van der Waals surface area contributed by atoms with E-state index in [-0.39, 0.29) is 31.1 Å². The zero-order valence-corrected chi connectivity index (χ0v) is 14.6. The highest BCUT2D eigenvalue weighted by Crippen LogP contribution is 2.27. The zero-order valence-electron chi connectivity index (χ0n) is 13.8. The molecule has 1 aromatic carbocycles. The molecular weight excluding hydrogens is 371 g/mol. The minimum atomic E-state index is -4.37. The second-order valence-electron chi connectivity index (χ2n) is 5.74. The Morgan fingerprint density at radius 1 is 1.23 bits per heavy atom. The van der Waals surface area contributed by atoms with Gasteiger partial charge in [0.1, 0.15) is 24.1 Å². The monoisotopic (exact) mass is 387 g/mol. The number of aromatic nitrogens is 2. The number of benzene rings is 1. The van der Waals surface area contributed by atoms with Crippen molar-refractivity contribution in [3.8, 4) is 5.88 Å². The lowest BCUT2D eigenvalue weighted by Crippen LogP contribution is -2.32. The van der Waals surface area contributed by atoms with Crippen LogP contribution in [0.25, 0.3) is 0 Å². The van der Waals surface area contributed by atoms with Gasteiger partial charge in [-0.15, -0.1) is 0 Å². The van der Waals surface area contributed by atoms with Crippen LogP contribution in [0.4, 0.5) is 13.2 Å². The molecule has 0 bridgehead atoms. The molecule has 0 amide bonds. The SMILES string of the molecule is CCc1ncnc(O[C@H]2CCN(S(=O)(=O)c3c(F)cccc3F)C2)c1F. The summed E-state index contributed by atoms with van der Waals surface area (Å²) < 4.78 is 73.3. The van der Waals surface area contributed by atoms with Gasteiger partial charge in [-0.2, -0.15) is 13.7 Å². The summed E-state index contributed by atoms with van der Waals surface area (Å²) in [5.74, 6) is -3.29. The van der Waals surface area contributed by atoms with E-state index in [1.54, 1.807) is 6.92 Å². The van der Waals surface area contributed by atoms with Crippen molar-refractivity contribution in [2.24, 2.45) is 0 Å². The van der Waals surface area contributed by atoms with Crippen LogP contribution in [-0.4, -0.2) is 41.9 Å². The molecule has 0 unspecified atom stereocenters. The van der Waals surface area contributed by atoms with Gasteiger partial charge in [0.2, 0.25) is 15.8 Å². The smallest absolute Gasteiger partial charge is 0.254 e. The highest BCUT2D eigenvalue weighted by Gasteiger charge is 2.37. The van der Waals surface area contributed by atoms with Crippen LogP contribution < -0.4 is 4.74 Å². The molecule has 26 heavy (non-hydrogen) atoms. The molecule has 1 saturated heterocycles. The summed E-state index contributed by atoms with van der Waals surface area (Å²) in [4.78, 5) is 6.52. The van der Waals surface area contributed by atoms with Gasteiger partial charge < -0.3 is 4.74 Å². The van der Waals surface area contributed by atoms with Gasteiger partial charge in [0.25, 0.3) is 5.88 Å². The first-order valence-corrected chi connectivity index (χ1v) is 9.38. The second kappa shape index (κ2) is 7.20. The lowest BCUT2D eigenvalue weighted by Gasteiger charge is -2.18. The molecular formula is C16H16F3N3O3S. The van der Waals surface area contributed by atoms with Gasteiger partial charge in [0.05, 0.1) is 12.2 Å². The fourth-order valence-electron chi connectivity index (χ4n) is 2.74. The number of hydrogen-bond acceptors (Lipinski definition) is 5. The van der Waals surface area contributed by atoms with Crippen molar-refractivity contribution in [3.05, 3.63) is 47.7 Å². The molecule has 1 fully saturated rings. The average molecular weight is 387 g/mol. The number of aryl methyl sites for hydroxylation is 1. The number of rotatable bonds is 5. The van der Waals surface area contributed by atoms with E-state index < -0.39 is 38.5 Å². The highest BCUT2D eigenvalue weighted by atomic mass is 32.2. The summed E-state index contributed by atoms with van der Waals surface area (Å²) in [5, 5.41) is 0. The Hall–Kier alpha value is -2.20. The van der Waals surface area contributed by atoms with Crippen LogP contribution in [-0.2, 0) is 16.4 Å². The lowest BCUT2D eigenvalue weighted by molar-refractivity contribution is 0.195. The first kappa shape index (κ1) is 18.6. The molecule has 1 aromatic heterocycles. The van der Waals surface area contributed by atoms with Gasteiger partial charge in [-0.05, 0) is 25.0 Å². The van der Waals surface area contributed by atoms with Crippen LogP contribution in [0.1, 0.15) is 19.0 Å². The predicted molar refractivity (Wildman–Crippen MR) is 85.5 cm³/mol. The standard InChI is InChI=1S/C16H16F3N3O3S/c1-2-13-14(19)16(21-9-20-13)25-10-6-7-22(8-10)26(23,24)15-11(17)4-3-5-12(15)18/h3-5,9-10H,2,6-8H2,1H3/t10-/m0/s1. The topological polar surface area (TPSA) is 72.4 Å². The average Bonchev–Trinajstić information content (AvgIpc) is 3.06. The van der Waals surface area contributed by atoms with E-state index in [1.807, 2.05) is 0 Å². The molecule has 10 heteroatoms. The van der Waals surface area contributed by atoms with Crippen LogP contribution in [0.2, 0.25) is 0 Å². The van der Waals surface area contributed by atoms with Gasteiger partial charge in [-0.1, -0.05) is 13.0 Å². The fourth-order valence-corrected chi connectivity index (χ4v) is 4.34. The van der Waals surface area contributed by atoms with Gasteiger partial charge in [-0.25, -0.2) is 22.2 Å². The van der Waals surface area contributed by atoms with Crippen molar-refractivity contribution < 1.29 is 26.3 Å². The van der Waals surface area contributed by atoms with Crippen LogP contribution in [0.5, 0.6) is 5.88 Å². The lowest BCUT2D eigenvalue weighted by atomic mass is 10.3. The van der Waals surface area contributed by atoms with E-state index in [1.165, 1.54) is 0 Å². The van der Waals surface area contributed by atoms with Crippen LogP contribution >= 0.6 is 0 Å². The number of ether oxygens (including phenoxy) is 1. The molecule has 0 saturated carbocycles. The molecule has 140 valence electrons. The fraction of sp³-hybridized carbons (Fsp3) is 0.375. The molecule has 0 N–H and O–H groups in total. The quantitative estimate of drug-likeness (QED) is 0.787. The van der Waals surface area contributed by atoms with Gasteiger partial charge in [0, 0.05) is 6.54 Å². The third-order valence-electron chi connectivity index (χ3n) is 4.07. The van der Waals surface area contributed by atoms with E-state index in [4.69, 9.17) is 4.74 Å². The predicted octanol–water partition coefficient (Wildman–Crippen LogP) is 2.30. The van der Waals surface area contributed by atoms with E-state index in [0.717, 1.165) is 28.8 Å². The third-order valence-corrected chi connectivity index (χ3v) is 5.98. The molecule has 0 aliphatic carbocycles. The Morgan fingerprint density at radius 2 is 1.92 bits per heavy atom. The summed E-state index contributed by atoms with van der Waals surface area (Å²) in [7, 11) is -4.37. The maximum atomic E-state index is 14.1. The maximum Gasteiger partial charge on any atom is 0.254 e. The number of sulfonamides is 1. The van der Waals surface area contributed by atoms with Crippen molar-refractivity contribution in [3.63, 3.8) is 0 Å². The summed E-state index contributed by atoms with van der Waals surface area (Å²) in [5.41, 5.74) is 0.186. The molecule has 1 aliphatic heterocycles. The largest absolute Gasteiger partial charge is 0.471 e. The number of nitrogens with zero attached hydrogens (tertiary/aromatic N) is 3. The molecule has 1 atom stereocenters. The van der Waals surface area contributed by atoms with Gasteiger partial charge in [-0.3, -0.25) is 0 Å². The van der Waals surface area contributed by atoms with Crippen molar-refractivity contribution in [1.29, 1.82) is 0 Å². The Labute approximate surface area is 148 Å². The van der Waals surface area contributed by atoms with Crippen molar-refractivity contribution in [1.82, 2.24) is 14.3 Å². The molecule has 6 nitrogen and oxygen atoms in total. The summed E-state index contributed by atoms with van der Waals surface area (Å²) in [6.07, 6.45) is 1.06. The molecule has 0 radical (unpaired) electrons. The zero-order chi connectivity index (χ0) is 18.9. The maximum absolute atomic E-state index is 14.1. The highest BCUT2D eigenvalue weighted by molar-refractivity contribution is 7.89. The number of hydrogen-bond donors (Lipinski definition) is 0. The number of halogens is 3. The molecule has 2 heterocycles. The summed E-state index contributed by atoms with van der Waals surface area (Å²) in [6.45, 7) is 1.55. The van der Waals surface area contributed by atoms with Crippen LogP contribution in [0, 0.1) is 17.5 Å². The Balaban J connectivity index is 1.79. The molecule has 3 rings (SSSR count). The minimum Gasteiger partial charge on any atom is -0.471 e. The third kappa shape index (κ3) is 3.38. The van der Waals surface area contributed by atoms with Crippen LogP contribution in [0.15, 0.2) is 29.4 Å². The van der Waals surface area contributed by atoms with E-state index in [9.17, 15) is 21.6 Å². The van der Waals surface area contributed by atoms with Gasteiger partial charge >= 0.3 is 0 Å². The Bertz CT molecular complexity index is 904. The summed E-state index contributed by atoms with van der Waals surface area (Å²) in [6, 6.07) is 2.84. The Morgan fingerprint density at radius 3 is 2.58 bits per heavy atom. The first-order chi connectivity index (χ1) is 12.3. The van der Waals surface area contributed by atoms with E-state index in [2.05, 4.69) is 9.97 Å². The van der Waals surface area contributed by atoms with Crippen molar-refractivity contribution >= 4 is 10.0 Å². The summed E-state index contributed by atoms with van der Waals surface area (Å²) >= 11 is 0. The molecule has 2 aromatic rings. The van der Waals surface area contributed by atoms with E-state index >= 15 is 0 Å². The van der Waals surface area contributed by atoms with Crippen molar-refractivity contribution in [2.45, 2.75) is 30.8 Å². The first-order valence-electron chi connectivity index (χ1n) is 7.94. The second-order valence-corrected chi connectivity index (χ2v) is 7.61. The van der Waals surface area contributed by atoms with Crippen molar-refractivity contribution in [2.75, 3.05) is 13.1 Å². The molecule has 1 aliphatic rings.